The molecule has 1 aliphatic carbocycles. The van der Waals surface area contributed by atoms with Crippen LogP contribution in [0.15, 0.2) is 18.2 Å². The highest BCUT2D eigenvalue weighted by molar-refractivity contribution is 6.42. The molecule has 2 rings (SSSR count). The number of benzene rings is 1. The zero-order chi connectivity index (χ0) is 16.1. The summed E-state index contributed by atoms with van der Waals surface area (Å²) in [5.41, 5.74) is 0.591. The van der Waals surface area contributed by atoms with Crippen molar-refractivity contribution in [2.24, 2.45) is 11.8 Å². The first kappa shape index (κ1) is 17.1. The Morgan fingerprint density at radius 2 is 1.86 bits per heavy atom. The van der Waals surface area contributed by atoms with Gasteiger partial charge in [0.2, 0.25) is 11.8 Å². The van der Waals surface area contributed by atoms with E-state index in [0.717, 1.165) is 19.3 Å². The summed E-state index contributed by atoms with van der Waals surface area (Å²) in [7, 11) is 0. The molecule has 0 saturated heterocycles. The van der Waals surface area contributed by atoms with Crippen molar-refractivity contribution in [2.45, 2.75) is 32.6 Å². The van der Waals surface area contributed by atoms with E-state index < -0.39 is 0 Å². The van der Waals surface area contributed by atoms with Crippen LogP contribution in [0, 0.1) is 11.8 Å². The van der Waals surface area contributed by atoms with Gasteiger partial charge in [-0.05, 0) is 31.0 Å². The Kier molecular flexibility index (Phi) is 6.09. The molecule has 120 valence electrons. The van der Waals surface area contributed by atoms with Gasteiger partial charge in [0, 0.05) is 12.2 Å². The third-order valence-corrected chi connectivity index (χ3v) is 4.47. The molecular weight excluding hydrogens is 323 g/mol. The summed E-state index contributed by atoms with van der Waals surface area (Å²) in [6, 6.07) is 4.92. The standard InChI is InChI=1S/C16H20Cl2N2O2/c1-2-3-4-7-19-15(21)11-9-12(11)16(22)20-10-5-6-13(17)14(18)8-10/h5-6,8,11-12H,2-4,7,9H2,1H3,(H,19,21)(H,20,22). The molecule has 0 radical (unpaired) electrons. The fraction of sp³-hybridized carbons (Fsp3) is 0.500. The van der Waals surface area contributed by atoms with Crippen LogP contribution in [0.2, 0.25) is 10.0 Å². The second-order valence-electron chi connectivity index (χ2n) is 5.56. The van der Waals surface area contributed by atoms with Gasteiger partial charge in [-0.15, -0.1) is 0 Å². The molecule has 0 aromatic heterocycles. The minimum atomic E-state index is -0.249. The maximum atomic E-state index is 12.1. The van der Waals surface area contributed by atoms with Crippen LogP contribution in [0.3, 0.4) is 0 Å². The van der Waals surface area contributed by atoms with E-state index in [1.807, 2.05) is 0 Å². The Bertz CT molecular complexity index is 563. The summed E-state index contributed by atoms with van der Waals surface area (Å²) < 4.78 is 0. The molecule has 22 heavy (non-hydrogen) atoms. The smallest absolute Gasteiger partial charge is 0.228 e. The Morgan fingerprint density at radius 1 is 1.14 bits per heavy atom. The predicted octanol–water partition coefficient (Wildman–Crippen LogP) is 3.87. The van der Waals surface area contributed by atoms with Gasteiger partial charge in [-0.25, -0.2) is 0 Å². The van der Waals surface area contributed by atoms with E-state index in [0.29, 0.717) is 28.7 Å². The van der Waals surface area contributed by atoms with Crippen molar-refractivity contribution in [1.82, 2.24) is 5.32 Å². The predicted molar refractivity (Wildman–Crippen MR) is 89.2 cm³/mol. The van der Waals surface area contributed by atoms with Crippen LogP contribution in [0.25, 0.3) is 0 Å². The van der Waals surface area contributed by atoms with Crippen molar-refractivity contribution in [3.05, 3.63) is 28.2 Å². The molecule has 2 N–H and O–H groups in total. The third kappa shape index (κ3) is 4.62. The highest BCUT2D eigenvalue weighted by atomic mass is 35.5. The number of carbonyl (C=O) groups excluding carboxylic acids is 2. The molecule has 1 saturated carbocycles. The zero-order valence-corrected chi connectivity index (χ0v) is 14.0. The topological polar surface area (TPSA) is 58.2 Å². The SMILES string of the molecule is CCCCCNC(=O)C1CC1C(=O)Nc1ccc(Cl)c(Cl)c1. The lowest BCUT2D eigenvalue weighted by atomic mass is 10.2. The third-order valence-electron chi connectivity index (χ3n) is 3.73. The van der Waals surface area contributed by atoms with Gasteiger partial charge < -0.3 is 10.6 Å². The second-order valence-corrected chi connectivity index (χ2v) is 6.38. The first-order valence-corrected chi connectivity index (χ1v) is 8.32. The van der Waals surface area contributed by atoms with Gasteiger partial charge in [0.1, 0.15) is 0 Å². The molecule has 1 fully saturated rings. The van der Waals surface area contributed by atoms with Gasteiger partial charge in [-0.2, -0.15) is 0 Å². The van der Waals surface area contributed by atoms with Crippen LogP contribution < -0.4 is 10.6 Å². The minimum absolute atomic E-state index is 0.0228. The van der Waals surface area contributed by atoms with E-state index in [1.54, 1.807) is 18.2 Å². The minimum Gasteiger partial charge on any atom is -0.356 e. The zero-order valence-electron chi connectivity index (χ0n) is 12.5. The molecule has 0 heterocycles. The van der Waals surface area contributed by atoms with Crippen molar-refractivity contribution < 1.29 is 9.59 Å². The number of nitrogens with one attached hydrogen (secondary N) is 2. The number of rotatable bonds is 7. The van der Waals surface area contributed by atoms with Gasteiger partial charge in [0.05, 0.1) is 21.9 Å². The van der Waals surface area contributed by atoms with E-state index in [-0.39, 0.29) is 23.7 Å². The highest BCUT2D eigenvalue weighted by Gasteiger charge is 2.47. The summed E-state index contributed by atoms with van der Waals surface area (Å²) in [6.45, 7) is 2.80. The Labute approximate surface area is 140 Å². The maximum absolute atomic E-state index is 12.1. The van der Waals surface area contributed by atoms with Crippen LogP contribution in [-0.2, 0) is 9.59 Å². The summed E-state index contributed by atoms with van der Waals surface area (Å²) >= 11 is 11.7. The lowest BCUT2D eigenvalue weighted by molar-refractivity contribution is -0.125. The van der Waals surface area contributed by atoms with Crippen LogP contribution >= 0.6 is 23.2 Å². The van der Waals surface area contributed by atoms with Crippen LogP contribution in [0.5, 0.6) is 0 Å². The molecule has 0 aliphatic heterocycles. The summed E-state index contributed by atoms with van der Waals surface area (Å²) in [5, 5.41) is 6.49. The molecule has 1 aromatic rings. The fourth-order valence-corrected chi connectivity index (χ4v) is 2.60. The van der Waals surface area contributed by atoms with Gasteiger partial charge in [0.25, 0.3) is 0 Å². The van der Waals surface area contributed by atoms with Gasteiger partial charge in [-0.3, -0.25) is 9.59 Å². The maximum Gasteiger partial charge on any atom is 0.228 e. The molecule has 1 aromatic carbocycles. The lowest BCUT2D eigenvalue weighted by Gasteiger charge is -2.07. The van der Waals surface area contributed by atoms with Crippen molar-refractivity contribution >= 4 is 40.7 Å². The molecule has 0 bridgehead atoms. The van der Waals surface area contributed by atoms with Crippen LogP contribution in [0.1, 0.15) is 32.6 Å². The van der Waals surface area contributed by atoms with Crippen molar-refractivity contribution in [1.29, 1.82) is 0 Å². The number of anilines is 1. The average molecular weight is 343 g/mol. The molecule has 2 unspecified atom stereocenters. The number of hydrogen-bond donors (Lipinski definition) is 2. The van der Waals surface area contributed by atoms with Crippen LogP contribution in [-0.4, -0.2) is 18.4 Å². The largest absolute Gasteiger partial charge is 0.356 e. The van der Waals surface area contributed by atoms with Crippen molar-refractivity contribution in [2.75, 3.05) is 11.9 Å². The van der Waals surface area contributed by atoms with Crippen molar-refractivity contribution in [3.63, 3.8) is 0 Å². The van der Waals surface area contributed by atoms with E-state index in [9.17, 15) is 9.59 Å². The number of halogens is 2. The van der Waals surface area contributed by atoms with E-state index >= 15 is 0 Å². The Balaban J connectivity index is 1.78. The summed E-state index contributed by atoms with van der Waals surface area (Å²) in [4.78, 5) is 24.0. The quantitative estimate of drug-likeness (QED) is 0.739. The van der Waals surface area contributed by atoms with Gasteiger partial charge >= 0.3 is 0 Å². The van der Waals surface area contributed by atoms with Crippen molar-refractivity contribution in [3.8, 4) is 0 Å². The normalized spacial score (nSPS) is 19.6. The monoisotopic (exact) mass is 342 g/mol. The molecule has 0 spiro atoms. The summed E-state index contributed by atoms with van der Waals surface area (Å²) in [6.07, 6.45) is 3.81. The van der Waals surface area contributed by atoms with E-state index in [4.69, 9.17) is 23.2 Å². The molecular formula is C16H20Cl2N2O2. The first-order chi connectivity index (χ1) is 10.5. The van der Waals surface area contributed by atoms with Gasteiger partial charge in [-0.1, -0.05) is 43.0 Å². The second kappa shape index (κ2) is 7.84. The Morgan fingerprint density at radius 3 is 2.55 bits per heavy atom. The number of hydrogen-bond acceptors (Lipinski definition) is 2. The Hall–Kier alpha value is -1.26. The molecule has 4 nitrogen and oxygen atoms in total. The number of unbranched alkanes of at least 4 members (excludes halogenated alkanes) is 2. The highest BCUT2D eigenvalue weighted by Crippen LogP contribution is 2.39. The fourth-order valence-electron chi connectivity index (χ4n) is 2.30. The van der Waals surface area contributed by atoms with E-state index in [1.165, 1.54) is 0 Å². The first-order valence-electron chi connectivity index (χ1n) is 7.56. The molecule has 1 aliphatic rings. The number of amides is 2. The number of carbonyl (C=O) groups is 2. The molecule has 2 atom stereocenters. The van der Waals surface area contributed by atoms with E-state index in [2.05, 4.69) is 17.6 Å². The molecule has 2 amide bonds. The summed E-state index contributed by atoms with van der Waals surface area (Å²) in [5.74, 6) is -0.623. The van der Waals surface area contributed by atoms with Gasteiger partial charge in [0.15, 0.2) is 0 Å². The lowest BCUT2D eigenvalue weighted by Crippen LogP contribution is -2.28. The van der Waals surface area contributed by atoms with Crippen LogP contribution in [0.4, 0.5) is 5.69 Å². The molecule has 6 heteroatoms. The average Bonchev–Trinajstić information content (AvgIpc) is 3.28.